The fraction of sp³-hybridized carbons (Fsp3) is 0.0769. The van der Waals surface area contributed by atoms with Crippen LogP contribution < -0.4 is 0 Å². The molecule has 17 heavy (non-hydrogen) atoms. The van der Waals surface area contributed by atoms with Crippen molar-refractivity contribution in [2.24, 2.45) is 0 Å². The molecule has 0 aromatic heterocycles. The number of aromatic hydroxyl groups is 1. The van der Waals surface area contributed by atoms with Crippen molar-refractivity contribution < 1.29 is 13.5 Å². The summed E-state index contributed by atoms with van der Waals surface area (Å²) >= 11 is 0. The predicted molar refractivity (Wildman–Crippen MR) is 65.4 cm³/mol. The number of hydrogen-bond donors (Lipinski definition) is 1. The molecule has 0 fully saturated rings. The molecule has 0 radical (unpaired) electrons. The molecule has 2 aromatic carbocycles. The van der Waals surface area contributed by atoms with Gasteiger partial charge in [0.05, 0.1) is 10.6 Å². The Kier molecular flexibility index (Phi) is 3.15. The Balaban J connectivity index is 2.27. The molecule has 0 aliphatic rings. The van der Waals surface area contributed by atoms with Crippen molar-refractivity contribution >= 4 is 9.84 Å². The highest BCUT2D eigenvalue weighted by Gasteiger charge is 2.14. The van der Waals surface area contributed by atoms with Gasteiger partial charge in [0.25, 0.3) is 0 Å². The van der Waals surface area contributed by atoms with E-state index in [1.54, 1.807) is 42.5 Å². The summed E-state index contributed by atoms with van der Waals surface area (Å²) in [6.45, 7) is 0. The Hall–Kier alpha value is -1.81. The second kappa shape index (κ2) is 4.59. The zero-order chi connectivity index (χ0) is 12.3. The van der Waals surface area contributed by atoms with Crippen molar-refractivity contribution in [1.29, 1.82) is 0 Å². The standard InChI is InChI=1S/C13H12O3S/c14-12-8-6-11(7-9-12)10-17(15,16)13-4-2-1-3-5-13/h1-9,14H,10H2. The highest BCUT2D eigenvalue weighted by molar-refractivity contribution is 7.90. The highest BCUT2D eigenvalue weighted by Crippen LogP contribution is 2.17. The topological polar surface area (TPSA) is 54.4 Å². The van der Waals surface area contributed by atoms with Gasteiger partial charge in [-0.15, -0.1) is 0 Å². The molecule has 0 saturated carbocycles. The first kappa shape index (κ1) is 11.7. The van der Waals surface area contributed by atoms with Gasteiger partial charge in [0.2, 0.25) is 0 Å². The first-order valence-corrected chi connectivity index (χ1v) is 6.79. The normalized spacial score (nSPS) is 11.3. The summed E-state index contributed by atoms with van der Waals surface area (Å²) in [6.07, 6.45) is 0. The third-order valence-electron chi connectivity index (χ3n) is 2.40. The van der Waals surface area contributed by atoms with Crippen molar-refractivity contribution in [3.05, 3.63) is 60.2 Å². The number of phenolic OH excluding ortho intramolecular Hbond substituents is 1. The van der Waals surface area contributed by atoms with E-state index in [1.165, 1.54) is 12.1 Å². The Bertz CT molecular complexity index is 586. The average molecular weight is 248 g/mol. The number of hydrogen-bond acceptors (Lipinski definition) is 3. The van der Waals surface area contributed by atoms with E-state index >= 15 is 0 Å². The fourth-order valence-corrected chi connectivity index (χ4v) is 2.89. The lowest BCUT2D eigenvalue weighted by atomic mass is 10.2. The first-order chi connectivity index (χ1) is 8.08. The third-order valence-corrected chi connectivity index (χ3v) is 4.10. The number of benzene rings is 2. The summed E-state index contributed by atoms with van der Waals surface area (Å²) in [6, 6.07) is 14.5. The van der Waals surface area contributed by atoms with Crippen molar-refractivity contribution in [2.75, 3.05) is 0 Å². The fourth-order valence-electron chi connectivity index (χ4n) is 1.52. The van der Waals surface area contributed by atoms with Crippen LogP contribution in [0.3, 0.4) is 0 Å². The molecule has 0 spiro atoms. The number of phenols is 1. The number of rotatable bonds is 3. The van der Waals surface area contributed by atoms with E-state index < -0.39 is 9.84 Å². The molecule has 4 heteroatoms. The van der Waals surface area contributed by atoms with Gasteiger partial charge in [-0.25, -0.2) is 8.42 Å². The second-order valence-electron chi connectivity index (χ2n) is 3.74. The Morgan fingerprint density at radius 1 is 0.882 bits per heavy atom. The Labute approximate surface area is 100 Å². The minimum atomic E-state index is -3.31. The summed E-state index contributed by atoms with van der Waals surface area (Å²) in [5, 5.41) is 9.12. The van der Waals surface area contributed by atoms with Crippen LogP contribution in [0.25, 0.3) is 0 Å². The van der Waals surface area contributed by atoms with Crippen LogP contribution in [0.15, 0.2) is 59.5 Å². The van der Waals surface area contributed by atoms with Gasteiger partial charge in [-0.1, -0.05) is 30.3 Å². The summed E-state index contributed by atoms with van der Waals surface area (Å²) in [5.41, 5.74) is 0.659. The molecule has 0 aliphatic carbocycles. The van der Waals surface area contributed by atoms with Gasteiger partial charge < -0.3 is 5.11 Å². The minimum Gasteiger partial charge on any atom is -0.508 e. The molecular weight excluding hydrogens is 236 g/mol. The zero-order valence-electron chi connectivity index (χ0n) is 9.08. The largest absolute Gasteiger partial charge is 0.508 e. The van der Waals surface area contributed by atoms with Gasteiger partial charge in [-0.3, -0.25) is 0 Å². The molecule has 0 amide bonds. The van der Waals surface area contributed by atoms with Gasteiger partial charge in [0, 0.05) is 0 Å². The van der Waals surface area contributed by atoms with Gasteiger partial charge in [-0.2, -0.15) is 0 Å². The van der Waals surface area contributed by atoms with Gasteiger partial charge in [0.15, 0.2) is 9.84 Å². The lowest BCUT2D eigenvalue weighted by Gasteiger charge is -2.04. The molecule has 0 heterocycles. The predicted octanol–water partition coefficient (Wildman–Crippen LogP) is 2.37. The smallest absolute Gasteiger partial charge is 0.182 e. The molecule has 0 unspecified atom stereocenters. The molecule has 3 nitrogen and oxygen atoms in total. The van der Waals surface area contributed by atoms with Crippen LogP contribution in [0.4, 0.5) is 0 Å². The van der Waals surface area contributed by atoms with E-state index in [0.29, 0.717) is 10.5 Å². The van der Waals surface area contributed by atoms with E-state index in [4.69, 9.17) is 5.11 Å². The van der Waals surface area contributed by atoms with Crippen molar-refractivity contribution in [3.63, 3.8) is 0 Å². The lowest BCUT2D eigenvalue weighted by Crippen LogP contribution is -2.04. The van der Waals surface area contributed by atoms with Crippen LogP contribution in [0, 0.1) is 0 Å². The maximum atomic E-state index is 12.0. The molecule has 0 atom stereocenters. The monoisotopic (exact) mass is 248 g/mol. The summed E-state index contributed by atoms with van der Waals surface area (Å²) < 4.78 is 24.0. The molecule has 88 valence electrons. The van der Waals surface area contributed by atoms with Crippen LogP contribution in [-0.4, -0.2) is 13.5 Å². The van der Waals surface area contributed by atoms with Crippen molar-refractivity contribution in [1.82, 2.24) is 0 Å². The Morgan fingerprint density at radius 3 is 2.06 bits per heavy atom. The summed E-state index contributed by atoms with van der Waals surface area (Å²) in [4.78, 5) is 0.313. The van der Waals surface area contributed by atoms with E-state index in [1.807, 2.05) is 0 Å². The van der Waals surface area contributed by atoms with Crippen LogP contribution in [0.5, 0.6) is 5.75 Å². The average Bonchev–Trinajstić information content (AvgIpc) is 2.33. The molecular formula is C13H12O3S. The van der Waals surface area contributed by atoms with Crippen LogP contribution in [-0.2, 0) is 15.6 Å². The van der Waals surface area contributed by atoms with Crippen LogP contribution >= 0.6 is 0 Å². The van der Waals surface area contributed by atoms with Crippen molar-refractivity contribution in [3.8, 4) is 5.75 Å². The van der Waals surface area contributed by atoms with Gasteiger partial charge in [0.1, 0.15) is 5.75 Å². The molecule has 1 N–H and O–H groups in total. The quantitative estimate of drug-likeness (QED) is 0.907. The SMILES string of the molecule is O=S(=O)(Cc1ccc(O)cc1)c1ccccc1. The Morgan fingerprint density at radius 2 is 1.47 bits per heavy atom. The van der Waals surface area contributed by atoms with Gasteiger partial charge in [-0.05, 0) is 29.8 Å². The molecule has 2 rings (SSSR count). The summed E-state index contributed by atoms with van der Waals surface area (Å²) in [5.74, 6) is 0.0722. The van der Waals surface area contributed by atoms with E-state index in [2.05, 4.69) is 0 Å². The maximum absolute atomic E-state index is 12.0. The summed E-state index contributed by atoms with van der Waals surface area (Å²) in [7, 11) is -3.31. The van der Waals surface area contributed by atoms with Gasteiger partial charge >= 0.3 is 0 Å². The highest BCUT2D eigenvalue weighted by atomic mass is 32.2. The van der Waals surface area contributed by atoms with Crippen molar-refractivity contribution in [2.45, 2.75) is 10.6 Å². The van der Waals surface area contributed by atoms with Crippen LogP contribution in [0.2, 0.25) is 0 Å². The van der Waals surface area contributed by atoms with E-state index in [9.17, 15) is 8.42 Å². The molecule has 2 aromatic rings. The van der Waals surface area contributed by atoms with Crippen LogP contribution in [0.1, 0.15) is 5.56 Å². The maximum Gasteiger partial charge on any atom is 0.182 e. The first-order valence-electron chi connectivity index (χ1n) is 5.14. The van der Waals surface area contributed by atoms with E-state index in [0.717, 1.165) is 0 Å². The minimum absolute atomic E-state index is 0.0582. The lowest BCUT2D eigenvalue weighted by molar-refractivity contribution is 0.475. The molecule has 0 bridgehead atoms. The zero-order valence-corrected chi connectivity index (χ0v) is 9.89. The number of sulfone groups is 1. The third kappa shape index (κ3) is 2.85. The molecule has 0 saturated heterocycles. The second-order valence-corrected chi connectivity index (χ2v) is 5.73. The molecule has 0 aliphatic heterocycles. The van der Waals surface area contributed by atoms with E-state index in [-0.39, 0.29) is 11.5 Å².